The van der Waals surface area contributed by atoms with Gasteiger partial charge in [-0.2, -0.15) is 0 Å². The van der Waals surface area contributed by atoms with Crippen LogP contribution in [0.2, 0.25) is 13.2 Å². The van der Waals surface area contributed by atoms with Crippen molar-refractivity contribution >= 4 is 10.1 Å². The van der Waals surface area contributed by atoms with Gasteiger partial charge < -0.3 is 0 Å². The molecule has 0 bridgehead atoms. The van der Waals surface area contributed by atoms with Gasteiger partial charge in [0, 0.05) is 0 Å². The molecule has 0 amide bonds. The van der Waals surface area contributed by atoms with Crippen LogP contribution >= 0.6 is 0 Å². The van der Waals surface area contributed by atoms with E-state index < -0.39 is 33.3 Å². The van der Waals surface area contributed by atoms with Gasteiger partial charge in [-0.15, -0.1) is 0 Å². The molecule has 1 aromatic carbocycles. The molecule has 0 fully saturated rings. The fourth-order valence-corrected chi connectivity index (χ4v) is 22.1. The Morgan fingerprint density at radius 3 is 1.35 bits per heavy atom. The van der Waals surface area contributed by atoms with Gasteiger partial charge >= 0.3 is 261 Å². The molecule has 0 radical (unpaired) electrons. The summed E-state index contributed by atoms with van der Waals surface area (Å²) in [4.78, 5) is 0.0338. The summed E-state index contributed by atoms with van der Waals surface area (Å²) in [5.41, 5.74) is 0. The zero-order chi connectivity index (χ0) is 32.1. The molecule has 0 unspecified atom stereocenters. The monoisotopic (exact) mass is 661 g/mol. The van der Waals surface area contributed by atoms with Crippen molar-refractivity contribution in [3.05, 3.63) is 30.3 Å². The van der Waals surface area contributed by atoms with Gasteiger partial charge in [-0.25, -0.2) is 0 Å². The summed E-state index contributed by atoms with van der Waals surface area (Å²) < 4.78 is 55.7. The number of hydrogen-bond donors (Lipinski definition) is 0. The van der Waals surface area contributed by atoms with Crippen molar-refractivity contribution in [2.45, 2.75) is 188 Å². The third-order valence-corrected chi connectivity index (χ3v) is 28.0. The van der Waals surface area contributed by atoms with E-state index in [-0.39, 0.29) is 16.2 Å². The summed E-state index contributed by atoms with van der Waals surface area (Å²) in [6.07, 6.45) is 23.3. The van der Waals surface area contributed by atoms with Gasteiger partial charge in [-0.1, -0.05) is 6.92 Å². The SMILES string of the molecule is CCCCCCCCCCCC[O][Ti](=[O])([CH2]CCCCCCCCCCC)([O]S(=O)(=O)c1ccccc1)([CH](C)C)[CH](C)C. The van der Waals surface area contributed by atoms with Crippen molar-refractivity contribution in [1.82, 2.24) is 0 Å². The molecule has 0 aliphatic rings. The van der Waals surface area contributed by atoms with Crippen molar-refractivity contribution in [1.29, 1.82) is 0 Å². The van der Waals surface area contributed by atoms with Crippen LogP contribution in [0.4, 0.5) is 0 Å². The Balaban J connectivity index is 3.01. The van der Waals surface area contributed by atoms with Crippen molar-refractivity contribution in [2.24, 2.45) is 0 Å². The Bertz CT molecular complexity index is 1040. The maximum absolute atomic E-state index is 16.1. The summed E-state index contributed by atoms with van der Waals surface area (Å²) in [6.45, 7) is 12.2. The Morgan fingerprint density at radius 1 is 0.581 bits per heavy atom. The van der Waals surface area contributed by atoms with Crippen LogP contribution in [-0.2, 0) is 34.3 Å². The molecule has 1 aromatic rings. The number of hydrogen-bond acceptors (Lipinski definition) is 5. The predicted octanol–water partition coefficient (Wildman–Crippen LogP) is 12.7. The molecule has 0 aliphatic heterocycles. The van der Waals surface area contributed by atoms with Crippen LogP contribution in [0.3, 0.4) is 0 Å². The van der Waals surface area contributed by atoms with Crippen LogP contribution in [0.25, 0.3) is 0 Å². The molecule has 0 aliphatic carbocycles. The van der Waals surface area contributed by atoms with E-state index in [9.17, 15) is 8.42 Å². The Morgan fingerprint density at radius 2 is 0.953 bits per heavy atom. The normalized spacial score (nSPS) is 14.3. The fourth-order valence-electron chi connectivity index (χ4n) is 6.80. The zero-order valence-corrected chi connectivity index (χ0v) is 31.4. The molecule has 0 aromatic heterocycles. The molecule has 7 heteroatoms. The number of unbranched alkanes of at least 4 members (excludes halogenated alkanes) is 18. The van der Waals surface area contributed by atoms with Gasteiger partial charge in [0.2, 0.25) is 0 Å². The number of benzene rings is 1. The molecular formula is C36H69O5STi. The predicted molar refractivity (Wildman–Crippen MR) is 180 cm³/mol. The van der Waals surface area contributed by atoms with Gasteiger partial charge in [-0.3, -0.25) is 0 Å². The Hall–Kier alpha value is -0.396. The van der Waals surface area contributed by atoms with Crippen molar-refractivity contribution in [2.75, 3.05) is 6.61 Å². The fraction of sp³-hybridized carbons (Fsp3) is 0.833. The van der Waals surface area contributed by atoms with E-state index in [0.29, 0.717) is 6.42 Å². The second-order valence-electron chi connectivity index (χ2n) is 14.1. The van der Waals surface area contributed by atoms with E-state index >= 15 is 3.32 Å². The van der Waals surface area contributed by atoms with Gasteiger partial charge in [0.25, 0.3) is 0 Å². The van der Waals surface area contributed by atoms with Crippen LogP contribution in [0.1, 0.15) is 170 Å². The third-order valence-electron chi connectivity index (χ3n) is 10.4. The molecule has 253 valence electrons. The van der Waals surface area contributed by atoms with Crippen molar-refractivity contribution in [3.8, 4) is 0 Å². The second-order valence-corrected chi connectivity index (χ2v) is 27.4. The van der Waals surface area contributed by atoms with Crippen LogP contribution < -0.4 is 0 Å². The van der Waals surface area contributed by atoms with Crippen molar-refractivity contribution in [3.63, 3.8) is 0 Å². The van der Waals surface area contributed by atoms with E-state index in [1.165, 1.54) is 95.6 Å². The van der Waals surface area contributed by atoms with E-state index in [1.54, 1.807) is 18.2 Å². The standard InChI is InChI=1S/C12H25O.C12H25.C6H6O3S.2C3H7.O.Ti/c1-2-3-4-5-6-7-8-9-10-11-12-13;1-3-5-7-9-11-12-10-8-6-4-2;7-10(8,9)6-4-2-1-3-5-6;2*1-3-2;;/h2-12H2,1H3;1,3-12H2,2H3;1-5H,(H,7,8,9);2*3H,1-2H3;;/q-1;;;;;;+2/p-1. The summed E-state index contributed by atoms with van der Waals surface area (Å²) in [6, 6.07) is 8.15. The van der Waals surface area contributed by atoms with E-state index in [0.717, 1.165) is 38.5 Å². The minimum absolute atomic E-state index is 0.0338. The third kappa shape index (κ3) is 12.4. The quantitative estimate of drug-likeness (QED) is 0.0660. The molecule has 1 rings (SSSR count). The average Bonchev–Trinajstić information content (AvgIpc) is 2.97. The van der Waals surface area contributed by atoms with E-state index in [2.05, 4.69) is 13.8 Å². The maximum atomic E-state index is 16.1. The Labute approximate surface area is 266 Å². The summed E-state index contributed by atoms with van der Waals surface area (Å²) in [7, 11) is -4.31. The zero-order valence-electron chi connectivity index (χ0n) is 29.0. The van der Waals surface area contributed by atoms with Crippen LogP contribution in [0.15, 0.2) is 35.2 Å². The molecule has 0 saturated heterocycles. The molecular weight excluding hydrogens is 592 g/mol. The first-order valence-electron chi connectivity index (χ1n) is 18.2. The minimum atomic E-state index is -6.45. The summed E-state index contributed by atoms with van der Waals surface area (Å²) in [5.74, 6) is 0. The topological polar surface area (TPSA) is 69.7 Å². The first kappa shape index (κ1) is 40.6. The summed E-state index contributed by atoms with van der Waals surface area (Å²) >= 11 is -6.45. The van der Waals surface area contributed by atoms with Gasteiger partial charge in [-0.05, 0) is 0 Å². The van der Waals surface area contributed by atoms with E-state index in [1.807, 2.05) is 27.7 Å². The van der Waals surface area contributed by atoms with Gasteiger partial charge in [0.15, 0.2) is 0 Å². The molecule has 0 atom stereocenters. The molecule has 0 spiro atoms. The molecule has 0 N–H and O–H groups in total. The van der Waals surface area contributed by atoms with Crippen LogP contribution in [0.5, 0.6) is 0 Å². The molecule has 0 heterocycles. The first-order valence-corrected chi connectivity index (χ1v) is 24.4. The summed E-state index contributed by atoms with van der Waals surface area (Å²) in [5, 5.41) is 0. The van der Waals surface area contributed by atoms with E-state index in [4.69, 9.17) is 6.08 Å². The molecule has 0 saturated carbocycles. The van der Waals surface area contributed by atoms with Crippen molar-refractivity contribution < 1.29 is 32.6 Å². The molecule has 43 heavy (non-hydrogen) atoms. The number of rotatable bonds is 28. The van der Waals surface area contributed by atoms with Crippen LogP contribution in [-0.4, -0.2) is 15.0 Å². The average molecular weight is 662 g/mol. The van der Waals surface area contributed by atoms with Gasteiger partial charge in [0.05, 0.1) is 0 Å². The first-order chi connectivity index (χ1) is 20.4. The van der Waals surface area contributed by atoms with Crippen LogP contribution in [0, 0.1) is 0 Å². The van der Waals surface area contributed by atoms with Gasteiger partial charge in [0.1, 0.15) is 0 Å². The second kappa shape index (κ2) is 20.0. The Kier molecular flexibility index (Phi) is 18.9. The molecule has 5 nitrogen and oxygen atoms in total.